The lowest BCUT2D eigenvalue weighted by Crippen LogP contribution is -2.19. The summed E-state index contributed by atoms with van der Waals surface area (Å²) in [5.41, 5.74) is 2.11. The molecule has 4 heteroatoms. The van der Waals surface area contributed by atoms with Crippen molar-refractivity contribution in [1.82, 2.24) is 0 Å². The molecule has 98 valence electrons. The van der Waals surface area contributed by atoms with Crippen LogP contribution >= 0.6 is 35.1 Å². The zero-order valence-electron chi connectivity index (χ0n) is 10.4. The minimum Gasteiger partial charge on any atom is -0.497 e. The van der Waals surface area contributed by atoms with Gasteiger partial charge in [-0.1, -0.05) is 18.7 Å². The van der Waals surface area contributed by atoms with Gasteiger partial charge < -0.3 is 4.74 Å². The molecule has 2 rings (SSSR count). The first-order valence-corrected chi connectivity index (χ1v) is 8.46. The fourth-order valence-electron chi connectivity index (χ4n) is 1.80. The number of ether oxygens (including phenoxy) is 1. The van der Waals surface area contributed by atoms with E-state index in [0.717, 1.165) is 16.9 Å². The van der Waals surface area contributed by atoms with E-state index >= 15 is 0 Å². The lowest BCUT2D eigenvalue weighted by Gasteiger charge is -2.26. The molecule has 1 nitrogen and oxygen atoms in total. The van der Waals surface area contributed by atoms with E-state index in [2.05, 4.69) is 6.58 Å². The highest BCUT2D eigenvalue weighted by Crippen LogP contribution is 2.39. The Labute approximate surface area is 122 Å². The van der Waals surface area contributed by atoms with Crippen LogP contribution in [0.1, 0.15) is 12.0 Å². The maximum absolute atomic E-state index is 6.55. The van der Waals surface area contributed by atoms with Gasteiger partial charge in [0.15, 0.2) is 0 Å². The molecule has 1 fully saturated rings. The van der Waals surface area contributed by atoms with E-state index in [1.807, 2.05) is 47.8 Å². The van der Waals surface area contributed by atoms with Gasteiger partial charge in [0.1, 0.15) is 5.75 Å². The summed E-state index contributed by atoms with van der Waals surface area (Å²) in [4.78, 5) is 0. The average molecular weight is 301 g/mol. The number of hydrogen-bond acceptors (Lipinski definition) is 3. The molecule has 1 heterocycles. The molecule has 1 aromatic rings. The van der Waals surface area contributed by atoms with E-state index in [1.54, 1.807) is 7.11 Å². The van der Waals surface area contributed by atoms with Crippen LogP contribution < -0.4 is 4.74 Å². The summed E-state index contributed by atoms with van der Waals surface area (Å²) >= 11 is 10.4. The molecule has 1 aliphatic heterocycles. The molecule has 0 aliphatic carbocycles. The van der Waals surface area contributed by atoms with Gasteiger partial charge in [0, 0.05) is 0 Å². The van der Waals surface area contributed by atoms with Gasteiger partial charge in [-0.15, -0.1) is 35.1 Å². The van der Waals surface area contributed by atoms with Gasteiger partial charge in [-0.2, -0.15) is 0 Å². The third-order valence-corrected chi connectivity index (χ3v) is 6.77. The Morgan fingerprint density at radius 3 is 2.50 bits per heavy atom. The second-order valence-electron chi connectivity index (χ2n) is 4.12. The fraction of sp³-hybridized carbons (Fsp3) is 0.429. The van der Waals surface area contributed by atoms with Crippen LogP contribution in [0.15, 0.2) is 30.8 Å². The van der Waals surface area contributed by atoms with Crippen LogP contribution in [0.25, 0.3) is 5.57 Å². The van der Waals surface area contributed by atoms with Crippen LogP contribution in [0.5, 0.6) is 5.75 Å². The molecule has 1 saturated heterocycles. The molecule has 0 N–H and O–H groups in total. The maximum atomic E-state index is 6.55. The van der Waals surface area contributed by atoms with Crippen molar-refractivity contribution < 1.29 is 4.74 Å². The van der Waals surface area contributed by atoms with Crippen molar-refractivity contribution in [1.29, 1.82) is 0 Å². The van der Waals surface area contributed by atoms with Crippen LogP contribution in [0.4, 0.5) is 0 Å². The van der Waals surface area contributed by atoms with Crippen molar-refractivity contribution in [3.63, 3.8) is 0 Å². The van der Waals surface area contributed by atoms with Crippen LogP contribution in [0.2, 0.25) is 0 Å². The van der Waals surface area contributed by atoms with E-state index in [-0.39, 0.29) is 5.38 Å². The fourth-order valence-corrected chi connectivity index (χ4v) is 5.26. The quantitative estimate of drug-likeness (QED) is 0.757. The number of allylic oxidation sites excluding steroid dienone is 1. The topological polar surface area (TPSA) is 9.23 Å². The summed E-state index contributed by atoms with van der Waals surface area (Å²) in [7, 11) is 1.67. The Balaban J connectivity index is 2.04. The summed E-state index contributed by atoms with van der Waals surface area (Å²) in [6.45, 7) is 4.16. The highest BCUT2D eigenvalue weighted by atomic mass is 35.5. The molecule has 1 aromatic carbocycles. The zero-order chi connectivity index (χ0) is 13.0. The molecular formula is C14H17ClOS2. The first-order valence-electron chi connectivity index (χ1n) is 5.93. The van der Waals surface area contributed by atoms with Crippen molar-refractivity contribution in [2.45, 2.75) is 16.4 Å². The molecule has 0 aromatic heterocycles. The minimum atomic E-state index is -0.00584. The molecule has 1 aliphatic rings. The predicted molar refractivity (Wildman–Crippen MR) is 85.0 cm³/mol. The lowest BCUT2D eigenvalue weighted by atomic mass is 10.1. The van der Waals surface area contributed by atoms with E-state index in [9.17, 15) is 0 Å². The highest BCUT2D eigenvalue weighted by molar-refractivity contribution is 8.17. The van der Waals surface area contributed by atoms with E-state index < -0.39 is 0 Å². The molecule has 0 amide bonds. The largest absolute Gasteiger partial charge is 0.497 e. The maximum Gasteiger partial charge on any atom is 0.118 e. The second kappa shape index (κ2) is 6.78. The molecule has 1 unspecified atom stereocenters. The van der Waals surface area contributed by atoms with Crippen molar-refractivity contribution in [2.75, 3.05) is 18.6 Å². The van der Waals surface area contributed by atoms with Crippen LogP contribution in [0, 0.1) is 0 Å². The van der Waals surface area contributed by atoms with Gasteiger partial charge in [-0.25, -0.2) is 0 Å². The van der Waals surface area contributed by atoms with Gasteiger partial charge >= 0.3 is 0 Å². The normalized spacial score (nSPS) is 18.3. The number of thioether (sulfide) groups is 2. The third-order valence-electron chi connectivity index (χ3n) is 2.89. The summed E-state index contributed by atoms with van der Waals surface area (Å²) in [6, 6.07) is 7.94. The number of hydrogen-bond donors (Lipinski definition) is 0. The molecule has 18 heavy (non-hydrogen) atoms. The SMILES string of the molecule is C=C(c1ccc(OC)cc1)C(Cl)C1SCCCS1. The second-order valence-corrected chi connectivity index (χ2v) is 7.39. The van der Waals surface area contributed by atoms with E-state index in [0.29, 0.717) is 4.58 Å². The van der Waals surface area contributed by atoms with Gasteiger partial charge in [0.05, 0.1) is 17.1 Å². The number of benzene rings is 1. The summed E-state index contributed by atoms with van der Waals surface area (Å²) in [5, 5.41) is -0.00584. The van der Waals surface area contributed by atoms with Crippen molar-refractivity contribution in [3.05, 3.63) is 36.4 Å². The lowest BCUT2D eigenvalue weighted by molar-refractivity contribution is 0.415. The Morgan fingerprint density at radius 2 is 1.94 bits per heavy atom. The average Bonchev–Trinajstić information content (AvgIpc) is 2.47. The first-order chi connectivity index (χ1) is 8.72. The van der Waals surface area contributed by atoms with Crippen molar-refractivity contribution in [2.24, 2.45) is 0 Å². The Hall–Kier alpha value is -0.250. The monoisotopic (exact) mass is 300 g/mol. The molecule has 0 bridgehead atoms. The molecule has 1 atom stereocenters. The Morgan fingerprint density at radius 1 is 1.33 bits per heavy atom. The van der Waals surface area contributed by atoms with E-state index in [1.165, 1.54) is 17.9 Å². The minimum absolute atomic E-state index is 0.00584. The number of halogens is 1. The van der Waals surface area contributed by atoms with Gasteiger partial charge in [0.2, 0.25) is 0 Å². The Bertz CT molecular complexity index is 399. The summed E-state index contributed by atoms with van der Waals surface area (Å²) in [6.07, 6.45) is 1.28. The zero-order valence-corrected chi connectivity index (χ0v) is 12.8. The van der Waals surface area contributed by atoms with Gasteiger partial charge in [-0.3, -0.25) is 0 Å². The van der Waals surface area contributed by atoms with Crippen LogP contribution in [0.3, 0.4) is 0 Å². The standard InChI is InChI=1S/C14H17ClOS2/c1-10(11-4-6-12(16-2)7-5-11)13(15)14-17-8-3-9-18-14/h4-7,13-14H,1,3,8-9H2,2H3. The summed E-state index contributed by atoms with van der Waals surface area (Å²) in [5.74, 6) is 3.27. The first kappa shape index (κ1) is 14.2. The molecule has 0 saturated carbocycles. The number of methoxy groups -OCH3 is 1. The van der Waals surface area contributed by atoms with Crippen molar-refractivity contribution in [3.8, 4) is 5.75 Å². The number of alkyl halides is 1. The molecule has 0 spiro atoms. The van der Waals surface area contributed by atoms with Crippen LogP contribution in [-0.2, 0) is 0 Å². The molecule has 0 radical (unpaired) electrons. The smallest absolute Gasteiger partial charge is 0.118 e. The van der Waals surface area contributed by atoms with Crippen molar-refractivity contribution >= 4 is 40.7 Å². The Kier molecular flexibility index (Phi) is 5.34. The van der Waals surface area contributed by atoms with Crippen LogP contribution in [-0.4, -0.2) is 28.6 Å². The number of rotatable bonds is 4. The predicted octanol–water partition coefficient (Wildman–Crippen LogP) is 4.51. The van der Waals surface area contributed by atoms with Gasteiger partial charge in [-0.05, 0) is 41.2 Å². The van der Waals surface area contributed by atoms with E-state index in [4.69, 9.17) is 16.3 Å². The van der Waals surface area contributed by atoms with Gasteiger partial charge in [0.25, 0.3) is 0 Å². The third kappa shape index (κ3) is 3.40. The molecular weight excluding hydrogens is 284 g/mol. The highest BCUT2D eigenvalue weighted by Gasteiger charge is 2.25. The summed E-state index contributed by atoms with van der Waals surface area (Å²) < 4.78 is 5.58.